The number of carbonyl (C=O) groups excluding carboxylic acids is 2. The summed E-state index contributed by atoms with van der Waals surface area (Å²) in [7, 11) is 0. The summed E-state index contributed by atoms with van der Waals surface area (Å²) >= 11 is 7.26. The van der Waals surface area contributed by atoms with E-state index in [0.29, 0.717) is 11.3 Å². The highest BCUT2D eigenvalue weighted by atomic mass is 35.5. The van der Waals surface area contributed by atoms with Crippen LogP contribution in [0.25, 0.3) is 0 Å². The minimum Gasteiger partial charge on any atom is -0.463 e. The number of alkyl halides is 1. The number of thiophene rings is 1. The average molecular weight is 301 g/mol. The topological polar surface area (TPSA) is 67.4 Å². The van der Waals surface area contributed by atoms with Crippen molar-refractivity contribution in [2.75, 3.05) is 12.5 Å². The van der Waals surface area contributed by atoms with E-state index in [1.54, 1.807) is 6.92 Å². The van der Waals surface area contributed by atoms with Gasteiger partial charge in [-0.15, -0.1) is 22.9 Å². The Morgan fingerprint density at radius 1 is 1.58 bits per heavy atom. The number of urea groups is 1. The van der Waals surface area contributed by atoms with Gasteiger partial charge in [-0.25, -0.2) is 9.59 Å². The minimum atomic E-state index is -0.512. The molecule has 2 heterocycles. The lowest BCUT2D eigenvalue weighted by Crippen LogP contribution is -2.46. The fourth-order valence-electron chi connectivity index (χ4n) is 1.84. The third-order valence-electron chi connectivity index (χ3n) is 2.61. The van der Waals surface area contributed by atoms with E-state index in [9.17, 15) is 9.59 Å². The Labute approximate surface area is 119 Å². The van der Waals surface area contributed by atoms with E-state index in [4.69, 9.17) is 16.3 Å². The van der Waals surface area contributed by atoms with Gasteiger partial charge < -0.3 is 15.4 Å². The van der Waals surface area contributed by atoms with Gasteiger partial charge >= 0.3 is 12.0 Å². The van der Waals surface area contributed by atoms with Crippen LogP contribution in [0.3, 0.4) is 0 Å². The molecule has 0 aliphatic carbocycles. The molecule has 102 valence electrons. The van der Waals surface area contributed by atoms with E-state index in [1.807, 2.05) is 17.5 Å². The van der Waals surface area contributed by atoms with Crippen LogP contribution in [-0.2, 0) is 9.53 Å². The Morgan fingerprint density at radius 2 is 2.37 bits per heavy atom. The molecule has 1 unspecified atom stereocenters. The number of carbonyl (C=O) groups is 2. The quantitative estimate of drug-likeness (QED) is 0.661. The van der Waals surface area contributed by atoms with Crippen molar-refractivity contribution < 1.29 is 14.3 Å². The number of rotatable bonds is 4. The number of hydrogen-bond donors (Lipinski definition) is 2. The van der Waals surface area contributed by atoms with E-state index in [0.717, 1.165) is 4.88 Å². The first-order valence-electron chi connectivity index (χ1n) is 5.74. The number of nitrogens with one attached hydrogen (secondary N) is 2. The lowest BCUT2D eigenvalue weighted by Gasteiger charge is -2.27. The highest BCUT2D eigenvalue weighted by Crippen LogP contribution is 2.30. The van der Waals surface area contributed by atoms with E-state index in [-0.39, 0.29) is 18.5 Å². The van der Waals surface area contributed by atoms with Gasteiger partial charge in [0.25, 0.3) is 0 Å². The predicted octanol–water partition coefficient (Wildman–Crippen LogP) is 2.16. The van der Waals surface area contributed by atoms with Gasteiger partial charge in [0, 0.05) is 10.6 Å². The summed E-state index contributed by atoms with van der Waals surface area (Å²) in [5.41, 5.74) is 0.751. The summed E-state index contributed by atoms with van der Waals surface area (Å²) in [5.74, 6) is -0.423. The SMILES string of the molecule is CCOC(=O)C1=C(CCl)NC(=O)NC1c1cccs1. The van der Waals surface area contributed by atoms with Gasteiger partial charge in [-0.3, -0.25) is 0 Å². The number of hydrogen-bond acceptors (Lipinski definition) is 4. The molecule has 0 saturated carbocycles. The van der Waals surface area contributed by atoms with E-state index in [2.05, 4.69) is 10.6 Å². The van der Waals surface area contributed by atoms with Crippen LogP contribution >= 0.6 is 22.9 Å². The molecule has 0 saturated heterocycles. The van der Waals surface area contributed by atoms with Crippen molar-refractivity contribution in [1.29, 1.82) is 0 Å². The van der Waals surface area contributed by atoms with Crippen LogP contribution in [0.4, 0.5) is 4.79 Å². The van der Waals surface area contributed by atoms with Gasteiger partial charge in [0.15, 0.2) is 0 Å². The number of allylic oxidation sites excluding steroid dienone is 1. The number of amides is 2. The van der Waals surface area contributed by atoms with Crippen LogP contribution in [0.15, 0.2) is 28.8 Å². The second-order valence-electron chi connectivity index (χ2n) is 3.79. The molecule has 1 aliphatic heterocycles. The van der Waals surface area contributed by atoms with Gasteiger partial charge in [0.1, 0.15) is 0 Å². The molecule has 19 heavy (non-hydrogen) atoms. The Bertz CT molecular complexity index is 513. The Hall–Kier alpha value is -1.53. The molecule has 1 atom stereocenters. The first kappa shape index (κ1) is 13.9. The summed E-state index contributed by atoms with van der Waals surface area (Å²) in [6, 6.07) is 2.83. The molecule has 0 bridgehead atoms. The van der Waals surface area contributed by atoms with Crippen LogP contribution in [0, 0.1) is 0 Å². The molecule has 0 spiro atoms. The van der Waals surface area contributed by atoms with Gasteiger partial charge in [0.2, 0.25) is 0 Å². The Balaban J connectivity index is 2.43. The van der Waals surface area contributed by atoms with E-state index >= 15 is 0 Å². The Kier molecular flexibility index (Phi) is 4.44. The van der Waals surface area contributed by atoms with Gasteiger partial charge in [0.05, 0.1) is 24.1 Å². The molecule has 0 aromatic carbocycles. The van der Waals surface area contributed by atoms with Crippen molar-refractivity contribution in [3.05, 3.63) is 33.7 Å². The summed E-state index contributed by atoms with van der Waals surface area (Å²) < 4.78 is 5.03. The number of halogens is 1. The molecule has 1 aromatic heterocycles. The molecule has 7 heteroatoms. The van der Waals surface area contributed by atoms with Crippen LogP contribution in [0.2, 0.25) is 0 Å². The second kappa shape index (κ2) is 6.08. The molecule has 1 aromatic rings. The predicted molar refractivity (Wildman–Crippen MR) is 73.1 cm³/mol. The average Bonchev–Trinajstić information content (AvgIpc) is 2.91. The smallest absolute Gasteiger partial charge is 0.338 e. The normalized spacial score (nSPS) is 18.8. The molecular formula is C12H13ClN2O3S. The van der Waals surface area contributed by atoms with Crippen LogP contribution < -0.4 is 10.6 Å². The second-order valence-corrected chi connectivity index (χ2v) is 5.04. The first-order chi connectivity index (χ1) is 9.17. The zero-order valence-corrected chi connectivity index (χ0v) is 11.8. The molecule has 2 N–H and O–H groups in total. The van der Waals surface area contributed by atoms with Crippen LogP contribution in [-0.4, -0.2) is 24.5 Å². The van der Waals surface area contributed by atoms with Crippen molar-refractivity contribution in [1.82, 2.24) is 10.6 Å². The molecule has 0 radical (unpaired) electrons. The lowest BCUT2D eigenvalue weighted by atomic mass is 10.0. The third-order valence-corrected chi connectivity index (χ3v) is 3.81. The molecule has 5 nitrogen and oxygen atoms in total. The number of esters is 1. The first-order valence-corrected chi connectivity index (χ1v) is 7.15. The van der Waals surface area contributed by atoms with Gasteiger partial charge in [-0.1, -0.05) is 6.07 Å². The minimum absolute atomic E-state index is 0.0451. The maximum atomic E-state index is 12.1. The zero-order chi connectivity index (χ0) is 13.8. The van der Waals surface area contributed by atoms with Gasteiger partial charge in [-0.05, 0) is 18.4 Å². The van der Waals surface area contributed by atoms with E-state index < -0.39 is 12.0 Å². The summed E-state index contributed by atoms with van der Waals surface area (Å²) in [5, 5.41) is 7.15. The van der Waals surface area contributed by atoms with Crippen LogP contribution in [0.1, 0.15) is 17.8 Å². The van der Waals surface area contributed by atoms with Crippen molar-refractivity contribution in [3.63, 3.8) is 0 Å². The molecule has 1 aliphatic rings. The zero-order valence-electron chi connectivity index (χ0n) is 10.2. The van der Waals surface area contributed by atoms with Crippen molar-refractivity contribution >= 4 is 34.9 Å². The largest absolute Gasteiger partial charge is 0.463 e. The summed E-state index contributed by atoms with van der Waals surface area (Å²) in [6.07, 6.45) is 0. The van der Waals surface area contributed by atoms with Crippen molar-refractivity contribution in [2.24, 2.45) is 0 Å². The van der Waals surface area contributed by atoms with Crippen LogP contribution in [0.5, 0.6) is 0 Å². The van der Waals surface area contributed by atoms with E-state index in [1.165, 1.54) is 11.3 Å². The fourth-order valence-corrected chi connectivity index (χ4v) is 2.84. The van der Waals surface area contributed by atoms with Crippen molar-refractivity contribution in [2.45, 2.75) is 13.0 Å². The molecular weight excluding hydrogens is 288 g/mol. The monoisotopic (exact) mass is 300 g/mol. The Morgan fingerprint density at radius 3 is 2.95 bits per heavy atom. The highest BCUT2D eigenvalue weighted by Gasteiger charge is 2.33. The lowest BCUT2D eigenvalue weighted by molar-refractivity contribution is -0.139. The highest BCUT2D eigenvalue weighted by molar-refractivity contribution is 7.10. The van der Waals surface area contributed by atoms with Crippen molar-refractivity contribution in [3.8, 4) is 0 Å². The summed E-state index contributed by atoms with van der Waals surface area (Å²) in [6.45, 7) is 2.00. The molecule has 2 rings (SSSR count). The molecule has 2 amide bonds. The molecule has 0 fully saturated rings. The standard InChI is InChI=1S/C12H13ClN2O3S/c1-2-18-11(16)9-7(6-13)14-12(17)15-10(9)8-4-3-5-19-8/h3-5,10H,2,6H2,1H3,(H2,14,15,17). The third kappa shape index (κ3) is 2.90. The maximum absolute atomic E-state index is 12.1. The fraction of sp³-hybridized carbons (Fsp3) is 0.333. The summed E-state index contributed by atoms with van der Waals surface area (Å²) in [4.78, 5) is 24.5. The maximum Gasteiger partial charge on any atom is 0.338 e. The van der Waals surface area contributed by atoms with Gasteiger partial charge in [-0.2, -0.15) is 0 Å². The number of ether oxygens (including phenoxy) is 1.